The second kappa shape index (κ2) is 6.00. The zero-order valence-corrected chi connectivity index (χ0v) is 11.8. The van der Waals surface area contributed by atoms with Gasteiger partial charge in [-0.3, -0.25) is 0 Å². The maximum absolute atomic E-state index is 3.94. The predicted octanol–water partition coefficient (Wildman–Crippen LogP) is 3.95. The minimum Gasteiger partial charge on any atom is -0.382 e. The maximum Gasteiger partial charge on any atom is 0.0366 e. The van der Waals surface area contributed by atoms with E-state index in [9.17, 15) is 0 Å². The van der Waals surface area contributed by atoms with E-state index >= 15 is 0 Å². The van der Waals surface area contributed by atoms with E-state index in [-0.39, 0.29) is 0 Å². The van der Waals surface area contributed by atoms with Crippen LogP contribution in [0.25, 0.3) is 0 Å². The number of nitrogens with one attached hydrogen (secondary N) is 1. The van der Waals surface area contributed by atoms with Crippen molar-refractivity contribution in [1.82, 2.24) is 0 Å². The first-order chi connectivity index (χ1) is 9.81. The van der Waals surface area contributed by atoms with Gasteiger partial charge in [-0.15, -0.1) is 0 Å². The van der Waals surface area contributed by atoms with E-state index in [1.54, 1.807) is 0 Å². The van der Waals surface area contributed by atoms with E-state index in [1.165, 1.54) is 24.2 Å². The summed E-state index contributed by atoms with van der Waals surface area (Å²) in [7, 11) is 0. The number of hydrogen-bond donors (Lipinski definition) is 1. The fraction of sp³-hybridized carbons (Fsp3) is 0.278. The number of piperidine rings is 1. The minimum atomic E-state index is 0.584. The van der Waals surface area contributed by atoms with Gasteiger partial charge in [-0.1, -0.05) is 30.3 Å². The molecule has 0 bridgehead atoms. The Bertz CT molecular complexity index is 525. The third-order valence-electron chi connectivity index (χ3n) is 3.94. The minimum absolute atomic E-state index is 0.584. The van der Waals surface area contributed by atoms with E-state index in [1.807, 2.05) is 0 Å². The van der Waals surface area contributed by atoms with Crippen LogP contribution >= 0.6 is 0 Å². The van der Waals surface area contributed by atoms with Crippen LogP contribution in [0.4, 0.5) is 11.4 Å². The van der Waals surface area contributed by atoms with Crippen molar-refractivity contribution in [3.05, 3.63) is 67.1 Å². The quantitative estimate of drug-likeness (QED) is 0.904. The van der Waals surface area contributed by atoms with Crippen LogP contribution in [0.2, 0.25) is 0 Å². The highest BCUT2D eigenvalue weighted by Gasteiger charge is 2.19. The van der Waals surface area contributed by atoms with Gasteiger partial charge in [0.2, 0.25) is 0 Å². The highest BCUT2D eigenvalue weighted by atomic mass is 15.1. The largest absolute Gasteiger partial charge is 0.382 e. The highest BCUT2D eigenvalue weighted by molar-refractivity contribution is 5.49. The lowest BCUT2D eigenvalue weighted by Crippen LogP contribution is -2.39. The lowest BCUT2D eigenvalue weighted by molar-refractivity contribution is 0.527. The molecule has 0 atom stereocenters. The van der Waals surface area contributed by atoms with Gasteiger partial charge >= 0.3 is 0 Å². The Hall–Kier alpha value is -1.96. The summed E-state index contributed by atoms with van der Waals surface area (Å²) in [5, 5.41) is 3.63. The second-order valence-corrected chi connectivity index (χ2v) is 5.44. The topological polar surface area (TPSA) is 15.3 Å². The molecule has 20 heavy (non-hydrogen) atoms. The standard InChI is InChI=1S/C18H21N2/c1-15-7-9-18(10-8-15)20-13-11-17(12-14-20)19-16-5-3-2-4-6-16/h2-10,17,19H,1,11-14H2. The zero-order chi connectivity index (χ0) is 13.8. The molecule has 1 saturated heterocycles. The zero-order valence-electron chi connectivity index (χ0n) is 11.8. The third-order valence-corrected chi connectivity index (χ3v) is 3.94. The summed E-state index contributed by atoms with van der Waals surface area (Å²) >= 11 is 0. The molecule has 0 spiro atoms. The molecule has 2 aromatic rings. The highest BCUT2D eigenvalue weighted by Crippen LogP contribution is 2.22. The van der Waals surface area contributed by atoms with Crippen molar-refractivity contribution >= 4 is 11.4 Å². The van der Waals surface area contributed by atoms with Crippen LogP contribution in [-0.4, -0.2) is 19.1 Å². The number of para-hydroxylation sites is 1. The van der Waals surface area contributed by atoms with E-state index in [2.05, 4.69) is 71.7 Å². The van der Waals surface area contributed by atoms with Gasteiger partial charge in [0.25, 0.3) is 0 Å². The van der Waals surface area contributed by atoms with Crippen molar-refractivity contribution < 1.29 is 0 Å². The van der Waals surface area contributed by atoms with Crippen LogP contribution in [0.1, 0.15) is 18.4 Å². The first-order valence-corrected chi connectivity index (χ1v) is 7.30. The molecule has 0 saturated carbocycles. The summed E-state index contributed by atoms with van der Waals surface area (Å²) < 4.78 is 0. The van der Waals surface area contributed by atoms with Crippen molar-refractivity contribution in [3.8, 4) is 0 Å². The van der Waals surface area contributed by atoms with Crippen LogP contribution in [0, 0.1) is 6.92 Å². The van der Waals surface area contributed by atoms with Crippen LogP contribution in [-0.2, 0) is 0 Å². The predicted molar refractivity (Wildman–Crippen MR) is 86.2 cm³/mol. The van der Waals surface area contributed by atoms with Crippen LogP contribution in [0.3, 0.4) is 0 Å². The molecule has 0 unspecified atom stereocenters. The molecule has 103 valence electrons. The summed E-state index contributed by atoms with van der Waals surface area (Å²) in [4.78, 5) is 2.46. The number of hydrogen-bond acceptors (Lipinski definition) is 2. The van der Waals surface area contributed by atoms with Crippen molar-refractivity contribution in [1.29, 1.82) is 0 Å². The average Bonchev–Trinajstić information content (AvgIpc) is 2.50. The van der Waals surface area contributed by atoms with Gasteiger partial charge in [0.05, 0.1) is 0 Å². The molecule has 2 aromatic carbocycles. The van der Waals surface area contributed by atoms with E-state index in [0.29, 0.717) is 6.04 Å². The molecule has 2 nitrogen and oxygen atoms in total. The molecule has 1 radical (unpaired) electrons. The molecule has 1 aliphatic rings. The van der Waals surface area contributed by atoms with Gasteiger partial charge in [-0.25, -0.2) is 0 Å². The first kappa shape index (κ1) is 13.0. The number of benzene rings is 2. The van der Waals surface area contributed by atoms with Gasteiger partial charge < -0.3 is 10.2 Å². The average molecular weight is 265 g/mol. The van der Waals surface area contributed by atoms with Crippen LogP contribution < -0.4 is 10.2 Å². The van der Waals surface area contributed by atoms with E-state index in [0.717, 1.165) is 18.7 Å². The fourth-order valence-corrected chi connectivity index (χ4v) is 2.76. The molecule has 1 fully saturated rings. The lowest BCUT2D eigenvalue weighted by atomic mass is 10.0. The first-order valence-electron chi connectivity index (χ1n) is 7.30. The Morgan fingerprint density at radius 1 is 0.900 bits per heavy atom. The SMILES string of the molecule is [CH2]c1ccc(N2CCC(Nc3ccccc3)CC2)cc1. The molecular weight excluding hydrogens is 244 g/mol. The molecule has 0 aromatic heterocycles. The molecule has 0 aliphatic carbocycles. The normalized spacial score (nSPS) is 16.1. The van der Waals surface area contributed by atoms with Crippen LogP contribution in [0.15, 0.2) is 54.6 Å². The Morgan fingerprint density at radius 2 is 1.55 bits per heavy atom. The maximum atomic E-state index is 3.94. The number of anilines is 2. The Labute approximate surface area is 121 Å². The lowest BCUT2D eigenvalue weighted by Gasteiger charge is -2.34. The van der Waals surface area contributed by atoms with Crippen molar-refractivity contribution in [2.75, 3.05) is 23.3 Å². The van der Waals surface area contributed by atoms with Crippen molar-refractivity contribution in [2.24, 2.45) is 0 Å². The van der Waals surface area contributed by atoms with Crippen LogP contribution in [0.5, 0.6) is 0 Å². The second-order valence-electron chi connectivity index (χ2n) is 5.44. The summed E-state index contributed by atoms with van der Waals surface area (Å²) in [5.74, 6) is 0. The molecule has 1 heterocycles. The van der Waals surface area contributed by atoms with Gasteiger partial charge in [0.1, 0.15) is 0 Å². The molecule has 3 rings (SSSR count). The summed E-state index contributed by atoms with van der Waals surface area (Å²) in [5.41, 5.74) is 3.62. The summed E-state index contributed by atoms with van der Waals surface area (Å²) in [6, 6.07) is 19.6. The van der Waals surface area contributed by atoms with E-state index in [4.69, 9.17) is 0 Å². The van der Waals surface area contributed by atoms with Gasteiger partial charge in [-0.05, 0) is 49.6 Å². The Morgan fingerprint density at radius 3 is 2.20 bits per heavy atom. The Kier molecular flexibility index (Phi) is 3.91. The van der Waals surface area contributed by atoms with Gasteiger partial charge in [-0.2, -0.15) is 0 Å². The number of nitrogens with zero attached hydrogens (tertiary/aromatic N) is 1. The van der Waals surface area contributed by atoms with Gasteiger partial charge in [0, 0.05) is 30.5 Å². The Balaban J connectivity index is 1.55. The van der Waals surface area contributed by atoms with E-state index < -0.39 is 0 Å². The molecule has 1 aliphatic heterocycles. The van der Waals surface area contributed by atoms with Gasteiger partial charge in [0.15, 0.2) is 0 Å². The van der Waals surface area contributed by atoms with Crippen molar-refractivity contribution in [3.63, 3.8) is 0 Å². The third kappa shape index (κ3) is 3.13. The summed E-state index contributed by atoms with van der Waals surface area (Å²) in [6.45, 7) is 6.16. The summed E-state index contributed by atoms with van der Waals surface area (Å²) in [6.07, 6.45) is 2.36. The molecule has 0 amide bonds. The monoisotopic (exact) mass is 265 g/mol. The number of rotatable bonds is 3. The molecule has 1 N–H and O–H groups in total. The van der Waals surface area contributed by atoms with Crippen molar-refractivity contribution in [2.45, 2.75) is 18.9 Å². The smallest absolute Gasteiger partial charge is 0.0366 e. The fourth-order valence-electron chi connectivity index (χ4n) is 2.76. The molecular formula is C18H21N2. The molecule has 2 heteroatoms.